The van der Waals surface area contributed by atoms with Gasteiger partial charge in [-0.15, -0.1) is 6.58 Å². The van der Waals surface area contributed by atoms with Crippen LogP contribution in [0.2, 0.25) is 0 Å². The van der Waals surface area contributed by atoms with E-state index in [2.05, 4.69) is 6.58 Å². The van der Waals surface area contributed by atoms with Crippen LogP contribution in [0, 0.1) is 5.92 Å². The Morgan fingerprint density at radius 3 is 2.62 bits per heavy atom. The first-order chi connectivity index (χ1) is 6.32. The van der Waals surface area contributed by atoms with Crippen molar-refractivity contribution in [2.75, 3.05) is 6.61 Å². The van der Waals surface area contributed by atoms with Crippen LogP contribution in [0.1, 0.15) is 32.1 Å². The van der Waals surface area contributed by atoms with Crippen LogP contribution in [0.4, 0.5) is 0 Å². The van der Waals surface area contributed by atoms with Crippen molar-refractivity contribution in [1.29, 1.82) is 0 Å². The SMILES string of the molecule is C=CC1OC2(CCCCC2)C1CO. The first kappa shape index (κ1) is 9.22. The average Bonchev–Trinajstić information content (AvgIpc) is 2.16. The lowest BCUT2D eigenvalue weighted by Gasteiger charge is -2.55. The molecule has 2 unspecified atom stereocenters. The van der Waals surface area contributed by atoms with Gasteiger partial charge in [0.05, 0.1) is 18.3 Å². The minimum Gasteiger partial charge on any atom is -0.396 e. The summed E-state index contributed by atoms with van der Waals surface area (Å²) in [6.07, 6.45) is 8.00. The van der Waals surface area contributed by atoms with Crippen molar-refractivity contribution >= 4 is 0 Å². The average molecular weight is 182 g/mol. The fourth-order valence-electron chi connectivity index (χ4n) is 2.79. The Bertz CT molecular complexity index is 194. The summed E-state index contributed by atoms with van der Waals surface area (Å²) in [4.78, 5) is 0. The van der Waals surface area contributed by atoms with E-state index in [1.54, 1.807) is 0 Å². The van der Waals surface area contributed by atoms with Crippen molar-refractivity contribution in [2.45, 2.75) is 43.8 Å². The van der Waals surface area contributed by atoms with Gasteiger partial charge in [0.15, 0.2) is 0 Å². The van der Waals surface area contributed by atoms with Gasteiger partial charge in [-0.05, 0) is 12.8 Å². The Morgan fingerprint density at radius 1 is 1.38 bits per heavy atom. The smallest absolute Gasteiger partial charge is 0.0838 e. The molecular weight excluding hydrogens is 164 g/mol. The summed E-state index contributed by atoms with van der Waals surface area (Å²) >= 11 is 0. The van der Waals surface area contributed by atoms with Crippen molar-refractivity contribution in [3.8, 4) is 0 Å². The number of aliphatic hydroxyl groups excluding tert-OH is 1. The van der Waals surface area contributed by atoms with E-state index >= 15 is 0 Å². The van der Waals surface area contributed by atoms with E-state index < -0.39 is 0 Å². The number of hydrogen-bond acceptors (Lipinski definition) is 2. The molecule has 0 radical (unpaired) electrons. The molecule has 1 saturated heterocycles. The minimum absolute atomic E-state index is 0.0197. The Kier molecular flexibility index (Phi) is 2.43. The standard InChI is InChI=1S/C11H18O2/c1-2-10-9(8-12)11(13-10)6-4-3-5-7-11/h2,9-10,12H,1,3-8H2. The highest BCUT2D eigenvalue weighted by atomic mass is 16.5. The fraction of sp³-hybridized carbons (Fsp3) is 0.818. The molecule has 13 heavy (non-hydrogen) atoms. The van der Waals surface area contributed by atoms with Gasteiger partial charge in [0.2, 0.25) is 0 Å². The van der Waals surface area contributed by atoms with Gasteiger partial charge < -0.3 is 9.84 Å². The Balaban J connectivity index is 2.03. The highest BCUT2D eigenvalue weighted by molar-refractivity contribution is 5.08. The van der Waals surface area contributed by atoms with Gasteiger partial charge in [-0.2, -0.15) is 0 Å². The van der Waals surface area contributed by atoms with Crippen LogP contribution in [0.3, 0.4) is 0 Å². The van der Waals surface area contributed by atoms with Gasteiger partial charge in [-0.3, -0.25) is 0 Å². The van der Waals surface area contributed by atoms with E-state index in [1.807, 2.05) is 6.08 Å². The van der Waals surface area contributed by atoms with Gasteiger partial charge in [-0.1, -0.05) is 25.3 Å². The zero-order valence-corrected chi connectivity index (χ0v) is 8.04. The predicted molar refractivity (Wildman–Crippen MR) is 51.5 cm³/mol. The van der Waals surface area contributed by atoms with Crippen LogP contribution in [0.25, 0.3) is 0 Å². The number of aliphatic hydroxyl groups is 1. The van der Waals surface area contributed by atoms with E-state index in [0.29, 0.717) is 5.92 Å². The van der Waals surface area contributed by atoms with Crippen LogP contribution >= 0.6 is 0 Å². The maximum atomic E-state index is 9.28. The molecule has 1 saturated carbocycles. The summed E-state index contributed by atoms with van der Waals surface area (Å²) < 4.78 is 5.84. The van der Waals surface area contributed by atoms with E-state index in [4.69, 9.17) is 4.74 Å². The first-order valence-corrected chi connectivity index (χ1v) is 5.23. The zero-order chi connectivity index (χ0) is 9.31. The molecule has 1 heterocycles. The van der Waals surface area contributed by atoms with Gasteiger partial charge in [0.25, 0.3) is 0 Å². The minimum atomic E-state index is 0.0197. The molecule has 0 bridgehead atoms. The topological polar surface area (TPSA) is 29.5 Å². The van der Waals surface area contributed by atoms with E-state index in [1.165, 1.54) is 19.3 Å². The maximum absolute atomic E-state index is 9.28. The lowest BCUT2D eigenvalue weighted by atomic mass is 9.69. The van der Waals surface area contributed by atoms with Crippen molar-refractivity contribution in [1.82, 2.24) is 0 Å². The number of hydrogen-bond donors (Lipinski definition) is 1. The molecule has 1 spiro atoms. The summed E-state index contributed by atoms with van der Waals surface area (Å²) in [5, 5.41) is 9.28. The van der Waals surface area contributed by atoms with Crippen molar-refractivity contribution in [3.05, 3.63) is 12.7 Å². The second-order valence-corrected chi connectivity index (χ2v) is 4.23. The summed E-state index contributed by atoms with van der Waals surface area (Å²) in [5.41, 5.74) is 0.0197. The predicted octanol–water partition coefficient (Wildman–Crippen LogP) is 1.88. The third-order valence-electron chi connectivity index (χ3n) is 3.57. The van der Waals surface area contributed by atoms with Crippen molar-refractivity contribution < 1.29 is 9.84 Å². The van der Waals surface area contributed by atoms with Gasteiger partial charge >= 0.3 is 0 Å². The summed E-state index contributed by atoms with van der Waals surface area (Å²) in [7, 11) is 0. The molecule has 2 nitrogen and oxygen atoms in total. The van der Waals surface area contributed by atoms with Crippen molar-refractivity contribution in [3.63, 3.8) is 0 Å². The molecule has 0 amide bonds. The molecule has 2 aliphatic rings. The Morgan fingerprint density at radius 2 is 2.08 bits per heavy atom. The third kappa shape index (κ3) is 1.32. The van der Waals surface area contributed by atoms with Crippen molar-refractivity contribution in [2.24, 2.45) is 5.92 Å². The van der Waals surface area contributed by atoms with Crippen LogP contribution in [0.15, 0.2) is 12.7 Å². The first-order valence-electron chi connectivity index (χ1n) is 5.23. The third-order valence-corrected chi connectivity index (χ3v) is 3.57. The van der Waals surface area contributed by atoms with Crippen LogP contribution < -0.4 is 0 Å². The fourth-order valence-corrected chi connectivity index (χ4v) is 2.79. The van der Waals surface area contributed by atoms with Gasteiger partial charge in [0, 0.05) is 5.92 Å². The van der Waals surface area contributed by atoms with Crippen LogP contribution in [0.5, 0.6) is 0 Å². The molecule has 1 aliphatic carbocycles. The molecule has 0 aromatic carbocycles. The molecular formula is C11H18O2. The molecule has 2 rings (SSSR count). The molecule has 1 aliphatic heterocycles. The van der Waals surface area contributed by atoms with Crippen LogP contribution in [-0.4, -0.2) is 23.4 Å². The highest BCUT2D eigenvalue weighted by Gasteiger charge is 2.53. The monoisotopic (exact) mass is 182 g/mol. The molecule has 2 heteroatoms. The number of ether oxygens (including phenoxy) is 1. The Labute approximate surface area is 79.6 Å². The molecule has 0 aromatic heterocycles. The molecule has 0 aromatic rings. The normalized spacial score (nSPS) is 37.0. The maximum Gasteiger partial charge on any atom is 0.0838 e. The zero-order valence-electron chi connectivity index (χ0n) is 8.04. The summed E-state index contributed by atoms with van der Waals surface area (Å²) in [6.45, 7) is 3.97. The lowest BCUT2D eigenvalue weighted by Crippen LogP contribution is -2.61. The largest absolute Gasteiger partial charge is 0.396 e. The lowest BCUT2D eigenvalue weighted by molar-refractivity contribution is -0.263. The Hall–Kier alpha value is -0.340. The molecule has 1 N–H and O–H groups in total. The summed E-state index contributed by atoms with van der Waals surface area (Å²) in [6, 6.07) is 0. The molecule has 74 valence electrons. The highest BCUT2D eigenvalue weighted by Crippen LogP contribution is 2.48. The summed E-state index contributed by atoms with van der Waals surface area (Å²) in [5.74, 6) is 0.310. The second-order valence-electron chi connectivity index (χ2n) is 4.23. The van der Waals surface area contributed by atoms with Gasteiger partial charge in [-0.25, -0.2) is 0 Å². The van der Waals surface area contributed by atoms with Gasteiger partial charge in [0.1, 0.15) is 0 Å². The number of rotatable bonds is 2. The van der Waals surface area contributed by atoms with Crippen LogP contribution in [-0.2, 0) is 4.74 Å². The van der Waals surface area contributed by atoms with E-state index in [-0.39, 0.29) is 18.3 Å². The van der Waals surface area contributed by atoms with E-state index in [9.17, 15) is 5.11 Å². The second kappa shape index (κ2) is 3.43. The molecule has 2 fully saturated rings. The molecule has 2 atom stereocenters. The quantitative estimate of drug-likeness (QED) is 0.661. The van der Waals surface area contributed by atoms with E-state index in [0.717, 1.165) is 12.8 Å².